The molecule has 0 unspecified atom stereocenters. The quantitative estimate of drug-likeness (QED) is 0.591. The highest BCUT2D eigenvalue weighted by Crippen LogP contribution is 2.38. The minimum atomic E-state index is -3.46. The third-order valence-corrected chi connectivity index (χ3v) is 6.93. The number of benzene rings is 3. The van der Waals surface area contributed by atoms with Gasteiger partial charge in [-0.15, -0.1) is 0 Å². The van der Waals surface area contributed by atoms with E-state index in [4.69, 9.17) is 0 Å². The number of carbonyl (C=O) groups is 1. The van der Waals surface area contributed by atoms with Crippen LogP contribution < -0.4 is 14.9 Å². The molecule has 1 aliphatic heterocycles. The predicted molar refractivity (Wildman–Crippen MR) is 123 cm³/mol. The zero-order valence-corrected chi connectivity index (χ0v) is 18.2. The van der Waals surface area contributed by atoms with Crippen molar-refractivity contribution in [3.05, 3.63) is 83.9 Å². The van der Waals surface area contributed by atoms with Gasteiger partial charge in [-0.05, 0) is 61.3 Å². The number of amides is 1. The van der Waals surface area contributed by atoms with Gasteiger partial charge in [0, 0.05) is 18.7 Å². The molecular weight excluding hydrogens is 410 g/mol. The van der Waals surface area contributed by atoms with Crippen LogP contribution in [0.1, 0.15) is 17.5 Å². The highest BCUT2D eigenvalue weighted by Gasteiger charge is 2.22. The first-order valence-electron chi connectivity index (χ1n) is 10.2. The smallest absolute Gasteiger partial charge is 0.240 e. The molecule has 1 heterocycles. The van der Waals surface area contributed by atoms with E-state index in [1.807, 2.05) is 30.3 Å². The molecule has 31 heavy (non-hydrogen) atoms. The van der Waals surface area contributed by atoms with Crippen molar-refractivity contribution in [3.63, 3.8) is 0 Å². The van der Waals surface area contributed by atoms with Crippen molar-refractivity contribution in [3.8, 4) is 0 Å². The fourth-order valence-electron chi connectivity index (χ4n) is 3.83. The largest absolute Gasteiger partial charge is 0.339 e. The maximum atomic E-state index is 12.6. The number of nitrogens with zero attached hydrogens (tertiary/aromatic N) is 1. The molecule has 3 aromatic carbocycles. The third-order valence-electron chi connectivity index (χ3n) is 5.50. The number of nitrogens with one attached hydrogen (secondary N) is 2. The Bertz CT molecular complexity index is 1190. The Kier molecular flexibility index (Phi) is 6.06. The van der Waals surface area contributed by atoms with Crippen molar-refractivity contribution in [1.29, 1.82) is 0 Å². The van der Waals surface area contributed by atoms with Gasteiger partial charge in [-0.25, -0.2) is 13.1 Å². The molecule has 0 atom stereocenters. The second-order valence-electron chi connectivity index (χ2n) is 7.45. The Morgan fingerprint density at radius 2 is 1.61 bits per heavy atom. The van der Waals surface area contributed by atoms with Gasteiger partial charge in [0.2, 0.25) is 15.9 Å². The first-order chi connectivity index (χ1) is 15.0. The fraction of sp³-hybridized carbons (Fsp3) is 0.208. The molecule has 1 amide bonds. The van der Waals surface area contributed by atoms with Crippen molar-refractivity contribution in [1.82, 2.24) is 4.72 Å². The number of rotatable bonds is 7. The van der Waals surface area contributed by atoms with Crippen LogP contribution in [-0.2, 0) is 27.7 Å². The summed E-state index contributed by atoms with van der Waals surface area (Å²) in [6.07, 6.45) is 1.82. The van der Waals surface area contributed by atoms with Gasteiger partial charge in [-0.3, -0.25) is 4.79 Å². The summed E-state index contributed by atoms with van der Waals surface area (Å²) in [5, 5.41) is 3.05. The molecule has 0 saturated heterocycles. The summed E-state index contributed by atoms with van der Waals surface area (Å²) in [7, 11) is -2.07. The highest BCUT2D eigenvalue weighted by molar-refractivity contribution is 7.89. The summed E-state index contributed by atoms with van der Waals surface area (Å²) in [5.74, 6) is -0.0770. The lowest BCUT2D eigenvalue weighted by Crippen LogP contribution is -2.19. The van der Waals surface area contributed by atoms with E-state index in [-0.39, 0.29) is 10.8 Å². The molecular formula is C24H25N3O3S. The number of fused-ring (bicyclic) bond motifs is 1. The fourth-order valence-corrected chi connectivity index (χ4v) is 4.56. The molecule has 1 aliphatic rings. The topological polar surface area (TPSA) is 78.5 Å². The molecule has 7 heteroatoms. The molecule has 2 N–H and O–H groups in total. The summed E-state index contributed by atoms with van der Waals surface area (Å²) in [6.45, 7) is 0.883. The first-order valence-corrected chi connectivity index (χ1v) is 11.7. The Morgan fingerprint density at radius 1 is 0.935 bits per heavy atom. The maximum Gasteiger partial charge on any atom is 0.240 e. The van der Waals surface area contributed by atoms with Crippen LogP contribution in [0.25, 0.3) is 0 Å². The van der Waals surface area contributed by atoms with Crippen molar-refractivity contribution >= 4 is 33.0 Å². The summed E-state index contributed by atoms with van der Waals surface area (Å²) in [5.41, 5.74) is 5.18. The Morgan fingerprint density at radius 3 is 2.35 bits per heavy atom. The van der Waals surface area contributed by atoms with Crippen molar-refractivity contribution in [2.45, 2.75) is 24.2 Å². The average Bonchev–Trinajstić information content (AvgIpc) is 3.22. The van der Waals surface area contributed by atoms with E-state index in [1.165, 1.54) is 18.3 Å². The SMILES string of the molecule is CNS(=O)(=O)c1ccc(CCC(=O)Nc2ccccc2N2CCc3ccccc32)cc1. The van der Waals surface area contributed by atoms with E-state index >= 15 is 0 Å². The monoisotopic (exact) mass is 435 g/mol. The van der Waals surface area contributed by atoms with E-state index in [0.29, 0.717) is 12.8 Å². The van der Waals surface area contributed by atoms with Crippen LogP contribution in [0, 0.1) is 0 Å². The zero-order valence-electron chi connectivity index (χ0n) is 17.3. The zero-order chi connectivity index (χ0) is 21.8. The number of sulfonamides is 1. The van der Waals surface area contributed by atoms with Crippen LogP contribution in [0.15, 0.2) is 77.7 Å². The second kappa shape index (κ2) is 8.91. The van der Waals surface area contributed by atoms with E-state index in [0.717, 1.165) is 29.9 Å². The van der Waals surface area contributed by atoms with Gasteiger partial charge in [-0.1, -0.05) is 42.5 Å². The average molecular weight is 436 g/mol. The van der Waals surface area contributed by atoms with Crippen LogP contribution in [0.5, 0.6) is 0 Å². The molecule has 0 spiro atoms. The summed E-state index contributed by atoms with van der Waals surface area (Å²) in [4.78, 5) is 15.1. The number of hydrogen-bond donors (Lipinski definition) is 2. The normalized spacial score (nSPS) is 13.1. The van der Waals surface area contributed by atoms with Crippen molar-refractivity contribution in [2.75, 3.05) is 23.8 Å². The van der Waals surface area contributed by atoms with Crippen LogP contribution >= 0.6 is 0 Å². The Hall–Kier alpha value is -3.16. The number of aryl methyl sites for hydroxylation is 1. The summed E-state index contributed by atoms with van der Waals surface area (Å²) in [6, 6.07) is 22.8. The second-order valence-corrected chi connectivity index (χ2v) is 9.33. The van der Waals surface area contributed by atoms with Crippen molar-refractivity contribution < 1.29 is 13.2 Å². The first kappa shape index (κ1) is 21.1. The van der Waals surface area contributed by atoms with E-state index in [2.05, 4.69) is 33.1 Å². The molecule has 0 bridgehead atoms. The molecule has 0 saturated carbocycles. The molecule has 4 rings (SSSR count). The van der Waals surface area contributed by atoms with Crippen LogP contribution in [0.2, 0.25) is 0 Å². The Balaban J connectivity index is 1.42. The van der Waals surface area contributed by atoms with Gasteiger partial charge in [0.15, 0.2) is 0 Å². The molecule has 0 fully saturated rings. The molecule has 3 aromatic rings. The van der Waals surface area contributed by atoms with Crippen LogP contribution in [-0.4, -0.2) is 27.9 Å². The molecule has 0 aliphatic carbocycles. The lowest BCUT2D eigenvalue weighted by Gasteiger charge is -2.23. The number of hydrogen-bond acceptors (Lipinski definition) is 4. The van der Waals surface area contributed by atoms with Gasteiger partial charge >= 0.3 is 0 Å². The lowest BCUT2D eigenvalue weighted by molar-refractivity contribution is -0.116. The van der Waals surface area contributed by atoms with Gasteiger partial charge in [-0.2, -0.15) is 0 Å². The standard InChI is InChI=1S/C24H25N3O3S/c1-25-31(29,30)20-13-10-18(11-14-20)12-15-24(28)26-21-7-3-5-9-23(21)27-17-16-19-6-2-4-8-22(19)27/h2-11,13-14,25H,12,15-17H2,1H3,(H,26,28). The molecule has 0 aromatic heterocycles. The van der Waals surface area contributed by atoms with Gasteiger partial charge < -0.3 is 10.2 Å². The third kappa shape index (κ3) is 4.62. The maximum absolute atomic E-state index is 12.6. The van der Waals surface area contributed by atoms with Crippen molar-refractivity contribution in [2.24, 2.45) is 0 Å². The Labute approximate surface area is 183 Å². The molecule has 160 valence electrons. The van der Waals surface area contributed by atoms with E-state index in [1.54, 1.807) is 24.3 Å². The van der Waals surface area contributed by atoms with Gasteiger partial charge in [0.05, 0.1) is 16.3 Å². The number of carbonyl (C=O) groups excluding carboxylic acids is 1. The van der Waals surface area contributed by atoms with E-state index in [9.17, 15) is 13.2 Å². The molecule has 0 radical (unpaired) electrons. The predicted octanol–water partition coefficient (Wildman–Crippen LogP) is 3.86. The summed E-state index contributed by atoms with van der Waals surface area (Å²) < 4.78 is 25.9. The van der Waals surface area contributed by atoms with Gasteiger partial charge in [0.25, 0.3) is 0 Å². The van der Waals surface area contributed by atoms with Crippen LogP contribution in [0.4, 0.5) is 17.1 Å². The van der Waals surface area contributed by atoms with E-state index < -0.39 is 10.0 Å². The van der Waals surface area contributed by atoms with Gasteiger partial charge in [0.1, 0.15) is 0 Å². The molecule has 6 nitrogen and oxygen atoms in total. The lowest BCUT2D eigenvalue weighted by atomic mass is 10.1. The van der Waals surface area contributed by atoms with Crippen LogP contribution in [0.3, 0.4) is 0 Å². The summed E-state index contributed by atoms with van der Waals surface area (Å²) >= 11 is 0. The minimum Gasteiger partial charge on any atom is -0.339 e. The minimum absolute atomic E-state index is 0.0770. The highest BCUT2D eigenvalue weighted by atomic mass is 32.2. The number of anilines is 3. The number of para-hydroxylation sites is 3.